The predicted molar refractivity (Wildman–Crippen MR) is 129 cm³/mol. The van der Waals surface area contributed by atoms with Crippen molar-refractivity contribution in [3.8, 4) is 0 Å². The summed E-state index contributed by atoms with van der Waals surface area (Å²) >= 11 is 0. The maximum absolute atomic E-state index is 13.8. The third-order valence-electron chi connectivity index (χ3n) is 7.35. The smallest absolute Gasteiger partial charge is 0.392 e. The topological polar surface area (TPSA) is 76.0 Å². The molecule has 0 aromatic rings. The van der Waals surface area contributed by atoms with Crippen LogP contribution in [0.25, 0.3) is 0 Å². The highest BCUT2D eigenvalue weighted by atomic mass is 19.4. The number of halogens is 3. The Hall–Kier alpha value is -1.54. The average molecular weight is 505 g/mol. The number of allylic oxidation sites excluding steroid dienone is 3. The summed E-state index contributed by atoms with van der Waals surface area (Å²) in [5.41, 5.74) is -2.13. The molecule has 35 heavy (non-hydrogen) atoms. The van der Waals surface area contributed by atoms with Crippen molar-refractivity contribution in [1.29, 1.82) is 0 Å². The van der Waals surface area contributed by atoms with E-state index in [4.69, 9.17) is 9.47 Å². The van der Waals surface area contributed by atoms with Gasteiger partial charge in [0.15, 0.2) is 11.9 Å². The van der Waals surface area contributed by atoms with Crippen molar-refractivity contribution in [1.82, 2.24) is 0 Å². The van der Waals surface area contributed by atoms with Gasteiger partial charge < -0.3 is 19.7 Å². The van der Waals surface area contributed by atoms with E-state index in [-0.39, 0.29) is 25.0 Å². The molecule has 2 aliphatic rings. The summed E-state index contributed by atoms with van der Waals surface area (Å²) in [7, 11) is 0. The summed E-state index contributed by atoms with van der Waals surface area (Å²) in [6, 6.07) is 0. The first-order valence-corrected chi connectivity index (χ1v) is 13.3. The molecular weight excluding hydrogens is 461 g/mol. The van der Waals surface area contributed by atoms with E-state index in [9.17, 15) is 28.2 Å². The van der Waals surface area contributed by atoms with E-state index in [2.05, 4.69) is 0 Å². The maximum atomic E-state index is 13.8. The number of unbranched alkanes of at least 4 members (excludes halogenated alkanes) is 1. The van der Waals surface area contributed by atoms with E-state index in [0.29, 0.717) is 38.7 Å². The summed E-state index contributed by atoms with van der Waals surface area (Å²) in [5, 5.41) is 21.9. The minimum Gasteiger partial charge on any atom is -0.479 e. The van der Waals surface area contributed by atoms with Crippen molar-refractivity contribution >= 4 is 5.97 Å². The molecule has 1 aliphatic heterocycles. The molecule has 1 aliphatic carbocycles. The van der Waals surface area contributed by atoms with E-state index in [0.717, 1.165) is 32.1 Å². The van der Waals surface area contributed by atoms with E-state index in [1.54, 1.807) is 6.08 Å². The van der Waals surface area contributed by atoms with Gasteiger partial charge in [-0.2, -0.15) is 13.2 Å². The normalized spacial score (nSPS) is 23.8. The van der Waals surface area contributed by atoms with Crippen LogP contribution in [0.2, 0.25) is 0 Å². The Labute approximate surface area is 207 Å². The summed E-state index contributed by atoms with van der Waals surface area (Å²) < 4.78 is 53.1. The van der Waals surface area contributed by atoms with E-state index in [1.165, 1.54) is 6.08 Å². The second-order valence-corrected chi connectivity index (χ2v) is 9.92. The Morgan fingerprint density at radius 2 is 1.77 bits per heavy atom. The molecule has 2 rings (SSSR count). The van der Waals surface area contributed by atoms with Crippen LogP contribution in [0.1, 0.15) is 97.3 Å². The molecule has 0 amide bonds. The molecule has 2 unspecified atom stereocenters. The summed E-state index contributed by atoms with van der Waals surface area (Å²) in [6.45, 7) is 4.27. The lowest BCUT2D eigenvalue weighted by atomic mass is 9.73. The lowest BCUT2D eigenvalue weighted by Gasteiger charge is -2.39. The van der Waals surface area contributed by atoms with Crippen molar-refractivity contribution in [2.45, 2.75) is 115 Å². The number of aliphatic hydroxyl groups is 1. The molecule has 0 bridgehead atoms. The molecule has 4 atom stereocenters. The average Bonchev–Trinajstić information content (AvgIpc) is 3.36. The zero-order chi connectivity index (χ0) is 25.9. The zero-order valence-electron chi connectivity index (χ0n) is 21.2. The molecule has 1 heterocycles. The number of carboxylic acids is 1. The second-order valence-electron chi connectivity index (χ2n) is 9.92. The molecule has 2 N–H and O–H groups in total. The van der Waals surface area contributed by atoms with E-state index < -0.39 is 41.8 Å². The molecule has 0 spiro atoms. The number of alkyl halides is 3. The Bertz CT molecular complexity index is 693. The van der Waals surface area contributed by atoms with E-state index in [1.807, 2.05) is 19.9 Å². The predicted octanol–water partition coefficient (Wildman–Crippen LogP) is 7.15. The van der Waals surface area contributed by atoms with Gasteiger partial charge in [0, 0.05) is 6.42 Å². The Morgan fingerprint density at radius 1 is 1.09 bits per heavy atom. The highest BCUT2D eigenvalue weighted by molar-refractivity contribution is 5.78. The van der Waals surface area contributed by atoms with Crippen LogP contribution in [0.15, 0.2) is 24.0 Å². The van der Waals surface area contributed by atoms with Crippen LogP contribution < -0.4 is 0 Å². The van der Waals surface area contributed by atoms with Gasteiger partial charge in [-0.3, -0.25) is 0 Å². The van der Waals surface area contributed by atoms with Gasteiger partial charge in [-0.05, 0) is 63.4 Å². The highest BCUT2D eigenvalue weighted by Crippen LogP contribution is 2.44. The van der Waals surface area contributed by atoms with Crippen LogP contribution in [0.4, 0.5) is 13.2 Å². The number of rotatable bonds is 14. The van der Waals surface area contributed by atoms with Crippen molar-refractivity contribution in [3.63, 3.8) is 0 Å². The number of aliphatic carboxylic acids is 1. The summed E-state index contributed by atoms with van der Waals surface area (Å²) in [4.78, 5) is 12.5. The lowest BCUT2D eigenvalue weighted by Crippen LogP contribution is -2.52. The van der Waals surface area contributed by atoms with Crippen LogP contribution in [0.5, 0.6) is 0 Å². The molecule has 0 aromatic carbocycles. The minimum absolute atomic E-state index is 0.00403. The van der Waals surface area contributed by atoms with Gasteiger partial charge in [0.25, 0.3) is 0 Å². The van der Waals surface area contributed by atoms with Crippen molar-refractivity contribution in [3.05, 3.63) is 24.0 Å². The number of ether oxygens (including phenoxy) is 2. The number of hydrogen-bond acceptors (Lipinski definition) is 4. The molecular formula is C27H43F3O5. The van der Waals surface area contributed by atoms with Gasteiger partial charge in [-0.25, -0.2) is 4.79 Å². The second kappa shape index (κ2) is 14.3. The lowest BCUT2D eigenvalue weighted by molar-refractivity contribution is -0.184. The number of hydrogen-bond donors (Lipinski definition) is 2. The van der Waals surface area contributed by atoms with Crippen LogP contribution in [-0.4, -0.2) is 40.9 Å². The van der Waals surface area contributed by atoms with Crippen molar-refractivity contribution in [2.24, 2.45) is 17.8 Å². The number of carbonyl (C=O) groups is 1. The van der Waals surface area contributed by atoms with Crippen LogP contribution in [0.3, 0.4) is 0 Å². The van der Waals surface area contributed by atoms with E-state index >= 15 is 0 Å². The van der Waals surface area contributed by atoms with Gasteiger partial charge in [0.2, 0.25) is 0 Å². The van der Waals surface area contributed by atoms with Crippen LogP contribution in [-0.2, 0) is 14.3 Å². The molecule has 1 saturated carbocycles. The Morgan fingerprint density at radius 3 is 2.31 bits per heavy atom. The minimum atomic E-state index is -4.37. The quantitative estimate of drug-likeness (QED) is 0.194. The summed E-state index contributed by atoms with van der Waals surface area (Å²) in [5.74, 6) is -4.28. The zero-order valence-corrected chi connectivity index (χ0v) is 21.2. The maximum Gasteiger partial charge on any atom is 0.392 e. The first kappa shape index (κ1) is 29.7. The molecule has 202 valence electrons. The molecule has 2 fully saturated rings. The fourth-order valence-corrected chi connectivity index (χ4v) is 5.24. The molecule has 1 saturated heterocycles. The third kappa shape index (κ3) is 8.52. The fourth-order valence-electron chi connectivity index (χ4n) is 5.24. The molecule has 5 nitrogen and oxygen atoms in total. The first-order chi connectivity index (χ1) is 16.6. The fraction of sp³-hybridized carbons (Fsp3) is 0.815. The van der Waals surface area contributed by atoms with Gasteiger partial charge in [-0.15, -0.1) is 0 Å². The molecule has 0 radical (unpaired) electrons. The van der Waals surface area contributed by atoms with Crippen molar-refractivity contribution < 1.29 is 37.7 Å². The number of carboxylic acid groups (broad SMARTS) is 1. The monoisotopic (exact) mass is 504 g/mol. The van der Waals surface area contributed by atoms with Crippen LogP contribution in [0, 0.1) is 17.8 Å². The SMILES string of the molecule is CCC=CC[C@@H](C(=CCC(CCCC)C(F)(F)F)OC1CCCCO1)[C@@](O)(C(=O)O)C1CCCC1. The van der Waals surface area contributed by atoms with Crippen molar-refractivity contribution in [2.75, 3.05) is 6.61 Å². The molecule has 8 heteroatoms. The van der Waals surface area contributed by atoms with Crippen LogP contribution >= 0.6 is 0 Å². The van der Waals surface area contributed by atoms with Gasteiger partial charge >= 0.3 is 12.1 Å². The largest absolute Gasteiger partial charge is 0.479 e. The summed E-state index contributed by atoms with van der Waals surface area (Å²) in [6.07, 6.45) is 6.74. The molecule has 0 aromatic heterocycles. The van der Waals surface area contributed by atoms with Gasteiger partial charge in [0.1, 0.15) is 5.76 Å². The standard InChI is InChI=1S/C27H43F3O5/c1-3-5-7-15-22(26(33,25(31)32)20-13-8-9-14-20)23(35-24-16-10-11-19-34-24)18-17-21(12-6-4-2)27(28,29)30/h5,7,18,20-22,24,33H,3-4,6,8-17,19H2,1-2H3,(H,31,32)/t21?,22-,24?,26+/m0/s1. The third-order valence-corrected chi connectivity index (χ3v) is 7.35. The Kier molecular flexibility index (Phi) is 12.1. The highest BCUT2D eigenvalue weighted by Gasteiger charge is 2.53. The Balaban J connectivity index is 2.48. The van der Waals surface area contributed by atoms with Gasteiger partial charge in [-0.1, -0.05) is 51.7 Å². The van der Waals surface area contributed by atoms with Gasteiger partial charge in [0.05, 0.1) is 18.4 Å². The first-order valence-electron chi connectivity index (χ1n) is 13.3.